The van der Waals surface area contributed by atoms with Crippen molar-refractivity contribution in [3.8, 4) is 5.75 Å². The second kappa shape index (κ2) is 6.96. The van der Waals surface area contributed by atoms with Crippen LogP contribution in [0.5, 0.6) is 5.75 Å². The largest absolute Gasteiger partial charge is 0.525 e. The third kappa shape index (κ3) is 3.54. The molecule has 0 unspecified atom stereocenters. The van der Waals surface area contributed by atoms with Crippen molar-refractivity contribution in [1.29, 1.82) is 0 Å². The second-order valence-corrected chi connectivity index (χ2v) is 8.07. The summed E-state index contributed by atoms with van der Waals surface area (Å²) in [6.45, 7) is 9.58. The van der Waals surface area contributed by atoms with E-state index in [-0.39, 0.29) is 6.04 Å². The van der Waals surface area contributed by atoms with Gasteiger partial charge in [-0.2, -0.15) is 0 Å². The molecule has 5 nitrogen and oxygen atoms in total. The predicted molar refractivity (Wildman–Crippen MR) is 102 cm³/mol. The summed E-state index contributed by atoms with van der Waals surface area (Å²) < 4.78 is 32.9. The fourth-order valence-electron chi connectivity index (χ4n) is 3.23. The van der Waals surface area contributed by atoms with Crippen molar-refractivity contribution in [3.63, 3.8) is 0 Å². The van der Waals surface area contributed by atoms with Gasteiger partial charge in [0.05, 0.1) is 18.3 Å². The van der Waals surface area contributed by atoms with Gasteiger partial charge in [-0.25, -0.2) is 4.39 Å². The van der Waals surface area contributed by atoms with Gasteiger partial charge in [0.15, 0.2) is 0 Å². The summed E-state index contributed by atoms with van der Waals surface area (Å²) in [6.07, 6.45) is 0. The number of likely N-dealkylation sites (tertiary alicyclic amines) is 1. The monoisotopic (exact) mass is 362 g/mol. The van der Waals surface area contributed by atoms with E-state index in [4.69, 9.17) is 19.8 Å². The van der Waals surface area contributed by atoms with E-state index in [0.717, 1.165) is 13.1 Å². The first-order valence-corrected chi connectivity index (χ1v) is 9.00. The molecule has 2 aliphatic rings. The van der Waals surface area contributed by atoms with Crippen LogP contribution in [0.15, 0.2) is 30.0 Å². The van der Waals surface area contributed by atoms with Crippen LogP contribution in [0.4, 0.5) is 4.39 Å². The van der Waals surface area contributed by atoms with E-state index in [2.05, 4.69) is 4.90 Å². The van der Waals surface area contributed by atoms with Crippen molar-refractivity contribution in [2.45, 2.75) is 44.9 Å². The number of benzene rings is 1. The average Bonchev–Trinajstić information content (AvgIpc) is 2.78. The molecule has 0 radical (unpaired) electrons. The number of hydrogen-bond donors (Lipinski definition) is 1. The third-order valence-electron chi connectivity index (χ3n) is 5.55. The van der Waals surface area contributed by atoms with Crippen molar-refractivity contribution < 1.29 is 18.4 Å². The Morgan fingerprint density at radius 2 is 1.81 bits per heavy atom. The fourth-order valence-corrected chi connectivity index (χ4v) is 3.23. The van der Waals surface area contributed by atoms with E-state index in [1.165, 1.54) is 0 Å². The van der Waals surface area contributed by atoms with E-state index >= 15 is 4.39 Å². The Kier molecular flexibility index (Phi) is 5.18. The van der Waals surface area contributed by atoms with Gasteiger partial charge in [0.2, 0.25) is 0 Å². The molecule has 2 aliphatic heterocycles. The summed E-state index contributed by atoms with van der Waals surface area (Å²) in [5, 5.41) is 0. The zero-order chi connectivity index (χ0) is 19.1. The molecule has 7 heteroatoms. The van der Waals surface area contributed by atoms with Crippen LogP contribution in [-0.4, -0.2) is 56.0 Å². The van der Waals surface area contributed by atoms with E-state index < -0.39 is 24.0 Å². The summed E-state index contributed by atoms with van der Waals surface area (Å²) >= 11 is 0. The minimum absolute atomic E-state index is 0.147. The first-order chi connectivity index (χ1) is 12.1. The topological polar surface area (TPSA) is 57.0 Å². The average molecular weight is 362 g/mol. The van der Waals surface area contributed by atoms with Gasteiger partial charge < -0.3 is 19.8 Å². The summed E-state index contributed by atoms with van der Waals surface area (Å²) in [6, 6.07) is 7.57. The molecule has 3 rings (SSSR count). The van der Waals surface area contributed by atoms with Crippen LogP contribution in [0.3, 0.4) is 0 Å². The number of halogens is 1. The first kappa shape index (κ1) is 19.4. The second-order valence-electron chi connectivity index (χ2n) is 8.07. The first-order valence-electron chi connectivity index (χ1n) is 9.00. The molecule has 2 fully saturated rings. The van der Waals surface area contributed by atoms with Crippen LogP contribution >= 0.6 is 0 Å². The minimum atomic E-state index is -1.03. The number of ether oxygens (including phenoxy) is 1. The van der Waals surface area contributed by atoms with Crippen molar-refractivity contribution in [2.24, 2.45) is 5.73 Å². The zero-order valence-electron chi connectivity index (χ0n) is 16.2. The Balaban J connectivity index is 1.98. The molecular formula is C19H28BFN2O3. The lowest BCUT2D eigenvalue weighted by Crippen LogP contribution is -2.55. The molecule has 0 bridgehead atoms. The molecule has 2 heterocycles. The van der Waals surface area contributed by atoms with Crippen LogP contribution in [0.2, 0.25) is 0 Å². The van der Waals surface area contributed by atoms with Gasteiger partial charge >= 0.3 is 7.12 Å². The molecule has 0 saturated carbocycles. The van der Waals surface area contributed by atoms with Gasteiger partial charge in [0, 0.05) is 36.8 Å². The maximum atomic E-state index is 15.6. The molecule has 0 aromatic heterocycles. The Bertz CT molecular complexity index is 686. The van der Waals surface area contributed by atoms with Gasteiger partial charge in [-0.05, 0) is 33.8 Å². The lowest BCUT2D eigenvalue weighted by Gasteiger charge is -2.37. The molecule has 0 amide bonds. The molecule has 0 atom stereocenters. The Morgan fingerprint density at radius 1 is 1.23 bits per heavy atom. The lowest BCUT2D eigenvalue weighted by molar-refractivity contribution is 0.00578. The van der Waals surface area contributed by atoms with Gasteiger partial charge in [0.25, 0.3) is 0 Å². The van der Waals surface area contributed by atoms with Crippen molar-refractivity contribution in [2.75, 3.05) is 26.7 Å². The molecule has 1 aromatic carbocycles. The van der Waals surface area contributed by atoms with Crippen LogP contribution in [0, 0.1) is 0 Å². The van der Waals surface area contributed by atoms with E-state index in [1.54, 1.807) is 7.11 Å². The van der Waals surface area contributed by atoms with Gasteiger partial charge in [-0.3, -0.25) is 4.90 Å². The number of hydrogen-bond acceptors (Lipinski definition) is 5. The normalized spacial score (nSPS) is 23.6. The summed E-state index contributed by atoms with van der Waals surface area (Å²) in [5.41, 5.74) is 5.51. The predicted octanol–water partition coefficient (Wildman–Crippen LogP) is 2.65. The SMILES string of the molecule is COc1ccccc1C(CN1CC(N)C1)=C(F)B1OC(C)(C)C(C)(C)O1. The number of para-hydroxylation sites is 1. The lowest BCUT2D eigenvalue weighted by atomic mass is 9.82. The smallest absolute Gasteiger partial charge is 0.496 e. The van der Waals surface area contributed by atoms with Crippen molar-refractivity contribution in [3.05, 3.63) is 35.6 Å². The highest BCUT2D eigenvalue weighted by Gasteiger charge is 2.53. The summed E-state index contributed by atoms with van der Waals surface area (Å²) in [5.74, 6) is 0.624. The van der Waals surface area contributed by atoms with Gasteiger partial charge in [-0.15, -0.1) is 0 Å². The van der Waals surface area contributed by atoms with Gasteiger partial charge in [-0.1, -0.05) is 18.2 Å². The molecule has 142 valence electrons. The summed E-state index contributed by atoms with van der Waals surface area (Å²) in [4.78, 5) is 2.11. The molecule has 0 aliphatic carbocycles. The Morgan fingerprint density at radius 3 is 2.35 bits per heavy atom. The van der Waals surface area contributed by atoms with Crippen LogP contribution < -0.4 is 10.5 Å². The molecule has 1 aromatic rings. The van der Waals surface area contributed by atoms with E-state index in [1.807, 2.05) is 52.0 Å². The highest BCUT2D eigenvalue weighted by molar-refractivity contribution is 6.55. The third-order valence-corrected chi connectivity index (χ3v) is 5.55. The Hall–Kier alpha value is -1.41. The Labute approximate surface area is 155 Å². The van der Waals surface area contributed by atoms with Crippen molar-refractivity contribution >= 4 is 12.7 Å². The highest BCUT2D eigenvalue weighted by atomic mass is 19.1. The van der Waals surface area contributed by atoms with Crippen molar-refractivity contribution in [1.82, 2.24) is 4.90 Å². The quantitative estimate of drug-likeness (QED) is 0.817. The highest BCUT2D eigenvalue weighted by Crippen LogP contribution is 2.41. The van der Waals surface area contributed by atoms with E-state index in [0.29, 0.717) is 23.4 Å². The maximum Gasteiger partial charge on any atom is 0.525 e. The van der Waals surface area contributed by atoms with E-state index in [9.17, 15) is 0 Å². The number of nitrogens with zero attached hydrogens (tertiary/aromatic N) is 1. The molecular weight excluding hydrogens is 334 g/mol. The van der Waals surface area contributed by atoms with Gasteiger partial charge in [0.1, 0.15) is 11.5 Å². The van der Waals surface area contributed by atoms with Crippen LogP contribution in [0.25, 0.3) is 5.57 Å². The number of methoxy groups -OCH3 is 1. The molecule has 26 heavy (non-hydrogen) atoms. The standard InChI is InChI=1S/C19H28BFN2O3/c1-18(2)19(3,4)26-20(25-18)17(21)15(12-23-10-13(22)11-23)14-8-6-7-9-16(14)24-5/h6-9,13H,10-12,22H2,1-5H3. The number of rotatable bonds is 5. The summed E-state index contributed by atoms with van der Waals surface area (Å²) in [7, 11) is 0.553. The van der Waals surface area contributed by atoms with Crippen LogP contribution in [-0.2, 0) is 9.31 Å². The maximum absolute atomic E-state index is 15.6. The fraction of sp³-hybridized carbons (Fsp3) is 0.579. The molecule has 2 N–H and O–H groups in total. The molecule has 2 saturated heterocycles. The van der Waals surface area contributed by atoms with Crippen LogP contribution in [0.1, 0.15) is 33.3 Å². The molecule has 0 spiro atoms. The number of nitrogens with two attached hydrogens (primary N) is 1. The minimum Gasteiger partial charge on any atom is -0.496 e. The zero-order valence-corrected chi connectivity index (χ0v) is 16.2.